The van der Waals surface area contributed by atoms with Gasteiger partial charge in [-0.1, -0.05) is 66.7 Å². The van der Waals surface area contributed by atoms with Crippen molar-refractivity contribution < 1.29 is 14.9 Å². The highest BCUT2D eigenvalue weighted by Crippen LogP contribution is 2.52. The molecule has 162 valence electrons. The fraction of sp³-hybridized carbons (Fsp3) is 0.0323. The molecule has 0 spiro atoms. The van der Waals surface area contributed by atoms with Crippen LogP contribution < -0.4 is 4.74 Å². The summed E-state index contributed by atoms with van der Waals surface area (Å²) in [5, 5.41) is 27.1. The fourth-order valence-electron chi connectivity index (χ4n) is 5.38. The Bertz CT molecular complexity index is 1680. The molecule has 3 heteroatoms. The molecule has 0 radical (unpaired) electrons. The van der Waals surface area contributed by atoms with Gasteiger partial charge < -0.3 is 14.9 Å². The summed E-state index contributed by atoms with van der Waals surface area (Å²) in [4.78, 5) is 0. The highest BCUT2D eigenvalue weighted by Gasteiger charge is 2.32. The van der Waals surface area contributed by atoms with Gasteiger partial charge in [0, 0.05) is 17.0 Å². The summed E-state index contributed by atoms with van der Waals surface area (Å²) >= 11 is 0. The van der Waals surface area contributed by atoms with Crippen molar-refractivity contribution in [2.75, 3.05) is 0 Å². The Morgan fingerprint density at radius 1 is 0.500 bits per heavy atom. The maximum absolute atomic E-state index is 10.4. The second-order valence-corrected chi connectivity index (χ2v) is 8.91. The van der Waals surface area contributed by atoms with Crippen LogP contribution in [-0.4, -0.2) is 10.2 Å². The van der Waals surface area contributed by atoms with Gasteiger partial charge in [-0.2, -0.15) is 0 Å². The van der Waals surface area contributed by atoms with Crippen LogP contribution in [0.1, 0.15) is 22.6 Å². The van der Waals surface area contributed by atoms with E-state index in [9.17, 15) is 10.2 Å². The minimum Gasteiger partial charge on any atom is -0.508 e. The Labute approximate surface area is 196 Å². The van der Waals surface area contributed by atoms with Gasteiger partial charge in [0.25, 0.3) is 0 Å². The predicted molar refractivity (Wildman–Crippen MR) is 136 cm³/mol. The quantitative estimate of drug-likeness (QED) is 0.273. The summed E-state index contributed by atoms with van der Waals surface area (Å²) in [7, 11) is 0. The van der Waals surface area contributed by atoms with Gasteiger partial charge in [0.2, 0.25) is 0 Å². The first kappa shape index (κ1) is 19.0. The molecule has 34 heavy (non-hydrogen) atoms. The zero-order valence-corrected chi connectivity index (χ0v) is 18.2. The van der Waals surface area contributed by atoms with Gasteiger partial charge in [-0.15, -0.1) is 0 Å². The van der Waals surface area contributed by atoms with Crippen LogP contribution in [0.4, 0.5) is 0 Å². The molecule has 3 nitrogen and oxygen atoms in total. The van der Waals surface area contributed by atoms with Gasteiger partial charge in [-0.25, -0.2) is 0 Å². The second-order valence-electron chi connectivity index (χ2n) is 8.91. The number of phenols is 2. The van der Waals surface area contributed by atoms with Crippen LogP contribution in [0.25, 0.3) is 32.3 Å². The van der Waals surface area contributed by atoms with E-state index in [0.717, 1.165) is 49.7 Å². The summed E-state index contributed by atoms with van der Waals surface area (Å²) in [5.74, 6) is 1.87. The largest absolute Gasteiger partial charge is 0.508 e. The SMILES string of the molecule is Oc1ccc2ccc3c(c2c1)C(c1ccc2ccccc2c1)c1c(ccc2ccc(O)cc12)O3. The van der Waals surface area contributed by atoms with E-state index >= 15 is 0 Å². The molecule has 1 aliphatic rings. The Balaban J connectivity index is 1.62. The average Bonchev–Trinajstić information content (AvgIpc) is 2.86. The Morgan fingerprint density at radius 3 is 1.65 bits per heavy atom. The molecular formula is C31H20O3. The molecule has 0 amide bonds. The molecule has 7 rings (SSSR count). The minimum atomic E-state index is -0.139. The van der Waals surface area contributed by atoms with Crippen molar-refractivity contribution in [1.29, 1.82) is 0 Å². The van der Waals surface area contributed by atoms with Crippen molar-refractivity contribution in [2.45, 2.75) is 5.92 Å². The summed E-state index contributed by atoms with van der Waals surface area (Å²) in [6, 6.07) is 33.9. The molecule has 1 aliphatic heterocycles. The maximum atomic E-state index is 10.4. The van der Waals surface area contributed by atoms with Crippen molar-refractivity contribution >= 4 is 32.3 Å². The second kappa shape index (κ2) is 7.00. The molecule has 0 saturated carbocycles. The first-order chi connectivity index (χ1) is 16.7. The standard InChI is InChI=1S/C31H20O3/c32-23-11-7-19-9-13-27-30(25(19)16-23)29(22-6-5-18-3-1-2-4-21(18)15-22)31-26-17-24(33)12-8-20(26)10-14-28(31)34-27/h1-17,29,32-33H. The van der Waals surface area contributed by atoms with Crippen LogP contribution in [0.3, 0.4) is 0 Å². The molecular weight excluding hydrogens is 420 g/mol. The summed E-state index contributed by atoms with van der Waals surface area (Å²) < 4.78 is 6.45. The Kier molecular flexibility index (Phi) is 3.91. The predicted octanol–water partition coefficient (Wildman–Crippen LogP) is 7.84. The highest BCUT2D eigenvalue weighted by atomic mass is 16.5. The fourth-order valence-corrected chi connectivity index (χ4v) is 5.38. The van der Waals surface area contributed by atoms with Gasteiger partial charge in [0.05, 0.1) is 0 Å². The van der Waals surface area contributed by atoms with E-state index in [1.807, 2.05) is 54.6 Å². The topological polar surface area (TPSA) is 49.7 Å². The molecule has 6 aromatic rings. The normalized spacial score (nSPS) is 13.1. The van der Waals surface area contributed by atoms with Gasteiger partial charge >= 0.3 is 0 Å². The molecule has 0 atom stereocenters. The molecule has 6 aromatic carbocycles. The third-order valence-electron chi connectivity index (χ3n) is 6.92. The summed E-state index contributed by atoms with van der Waals surface area (Å²) in [5.41, 5.74) is 3.18. The molecule has 0 aliphatic carbocycles. The molecule has 0 unspecified atom stereocenters. The maximum Gasteiger partial charge on any atom is 0.132 e. The third-order valence-corrected chi connectivity index (χ3v) is 6.92. The lowest BCUT2D eigenvalue weighted by Gasteiger charge is -2.31. The van der Waals surface area contributed by atoms with Crippen molar-refractivity contribution in [3.05, 3.63) is 120 Å². The van der Waals surface area contributed by atoms with E-state index < -0.39 is 0 Å². The van der Waals surface area contributed by atoms with Crippen LogP contribution in [0.5, 0.6) is 23.0 Å². The summed E-state index contributed by atoms with van der Waals surface area (Å²) in [6.07, 6.45) is 0. The van der Waals surface area contributed by atoms with Crippen LogP contribution in [0, 0.1) is 0 Å². The van der Waals surface area contributed by atoms with E-state index in [4.69, 9.17) is 4.74 Å². The number of benzene rings is 6. The number of phenolic OH excluding ortho intramolecular Hbond substituents is 2. The van der Waals surface area contributed by atoms with Gasteiger partial charge in [0.1, 0.15) is 23.0 Å². The number of ether oxygens (including phenoxy) is 1. The Hall–Kier alpha value is -4.50. The van der Waals surface area contributed by atoms with Gasteiger partial charge in [-0.3, -0.25) is 0 Å². The molecule has 2 N–H and O–H groups in total. The monoisotopic (exact) mass is 440 g/mol. The molecule has 1 heterocycles. The lowest BCUT2D eigenvalue weighted by atomic mass is 9.78. The lowest BCUT2D eigenvalue weighted by Crippen LogP contribution is -2.13. The van der Waals surface area contributed by atoms with Crippen LogP contribution in [0.15, 0.2) is 103 Å². The van der Waals surface area contributed by atoms with Gasteiger partial charge in [0.15, 0.2) is 0 Å². The first-order valence-corrected chi connectivity index (χ1v) is 11.3. The van der Waals surface area contributed by atoms with Crippen LogP contribution in [0.2, 0.25) is 0 Å². The number of aromatic hydroxyl groups is 2. The zero-order valence-electron chi connectivity index (χ0n) is 18.2. The van der Waals surface area contributed by atoms with E-state index in [0.29, 0.717) is 0 Å². The van der Waals surface area contributed by atoms with E-state index in [1.165, 1.54) is 10.8 Å². The number of hydrogen-bond acceptors (Lipinski definition) is 3. The Morgan fingerprint density at radius 2 is 1.03 bits per heavy atom. The van der Waals surface area contributed by atoms with E-state index in [-0.39, 0.29) is 17.4 Å². The molecule has 0 saturated heterocycles. The third kappa shape index (κ3) is 2.77. The van der Waals surface area contributed by atoms with Crippen molar-refractivity contribution in [2.24, 2.45) is 0 Å². The van der Waals surface area contributed by atoms with Crippen molar-refractivity contribution in [3.8, 4) is 23.0 Å². The molecule has 0 fully saturated rings. The average molecular weight is 440 g/mol. The smallest absolute Gasteiger partial charge is 0.132 e. The van der Waals surface area contributed by atoms with Crippen molar-refractivity contribution in [1.82, 2.24) is 0 Å². The lowest BCUT2D eigenvalue weighted by molar-refractivity contribution is 0.455. The highest BCUT2D eigenvalue weighted by molar-refractivity contribution is 5.96. The van der Waals surface area contributed by atoms with Crippen LogP contribution >= 0.6 is 0 Å². The van der Waals surface area contributed by atoms with Crippen LogP contribution in [-0.2, 0) is 0 Å². The number of fused-ring (bicyclic) bond motifs is 7. The van der Waals surface area contributed by atoms with E-state index in [1.54, 1.807) is 12.1 Å². The minimum absolute atomic E-state index is 0.139. The van der Waals surface area contributed by atoms with Gasteiger partial charge in [-0.05, 0) is 74.3 Å². The number of rotatable bonds is 1. The summed E-state index contributed by atoms with van der Waals surface area (Å²) in [6.45, 7) is 0. The van der Waals surface area contributed by atoms with Crippen molar-refractivity contribution in [3.63, 3.8) is 0 Å². The molecule has 0 bridgehead atoms. The van der Waals surface area contributed by atoms with E-state index in [2.05, 4.69) is 36.4 Å². The zero-order chi connectivity index (χ0) is 22.8. The molecule has 0 aromatic heterocycles. The number of hydrogen-bond donors (Lipinski definition) is 2. The first-order valence-electron chi connectivity index (χ1n) is 11.3.